The number of anilines is 1. The van der Waals surface area contributed by atoms with Crippen molar-refractivity contribution in [3.8, 4) is 5.75 Å². The van der Waals surface area contributed by atoms with Gasteiger partial charge in [0.05, 0.1) is 7.11 Å². The highest BCUT2D eigenvalue weighted by Gasteiger charge is 2.37. The standard InChI is InChI=1S/C22H25NO4/c1-15-12-18(26-3)13-16(2)20(15)23-11-7-10-19(21(23)24)22(25)27-14-17-8-5-4-6-9-17/h4-6,8-9,12-13,19H,7,10-11,14H2,1-3H3. The number of piperidine rings is 1. The summed E-state index contributed by atoms with van der Waals surface area (Å²) < 4.78 is 10.7. The first-order valence-corrected chi connectivity index (χ1v) is 9.18. The predicted octanol–water partition coefficient (Wildman–Crippen LogP) is 3.80. The lowest BCUT2D eigenvalue weighted by Crippen LogP contribution is -2.45. The lowest BCUT2D eigenvalue weighted by molar-refractivity contribution is -0.154. The molecule has 0 aromatic heterocycles. The van der Waals surface area contributed by atoms with Gasteiger partial charge in [0.1, 0.15) is 18.3 Å². The van der Waals surface area contributed by atoms with Gasteiger partial charge in [0.25, 0.3) is 0 Å². The summed E-state index contributed by atoms with van der Waals surface area (Å²) in [6.07, 6.45) is 1.29. The average molecular weight is 367 g/mol. The summed E-state index contributed by atoms with van der Waals surface area (Å²) in [5.41, 5.74) is 3.69. The molecule has 0 saturated carbocycles. The van der Waals surface area contributed by atoms with E-state index in [2.05, 4.69) is 0 Å². The Kier molecular flexibility index (Phi) is 5.79. The van der Waals surface area contributed by atoms with Gasteiger partial charge in [-0.15, -0.1) is 0 Å². The molecule has 5 heteroatoms. The molecule has 27 heavy (non-hydrogen) atoms. The van der Waals surface area contributed by atoms with E-state index < -0.39 is 11.9 Å². The minimum Gasteiger partial charge on any atom is -0.497 e. The van der Waals surface area contributed by atoms with E-state index in [1.54, 1.807) is 12.0 Å². The Balaban J connectivity index is 1.75. The second-order valence-electron chi connectivity index (χ2n) is 6.89. The molecule has 2 aromatic carbocycles. The van der Waals surface area contributed by atoms with Crippen molar-refractivity contribution in [3.05, 3.63) is 59.2 Å². The van der Waals surface area contributed by atoms with Crippen LogP contribution in [-0.2, 0) is 20.9 Å². The molecule has 5 nitrogen and oxygen atoms in total. The largest absolute Gasteiger partial charge is 0.497 e. The van der Waals surface area contributed by atoms with Gasteiger partial charge in [0.2, 0.25) is 5.91 Å². The maximum Gasteiger partial charge on any atom is 0.318 e. The van der Waals surface area contributed by atoms with E-state index >= 15 is 0 Å². The second-order valence-corrected chi connectivity index (χ2v) is 6.89. The number of esters is 1. The zero-order chi connectivity index (χ0) is 19.4. The maximum atomic E-state index is 13.0. The smallest absolute Gasteiger partial charge is 0.318 e. The number of amides is 1. The Hall–Kier alpha value is -2.82. The lowest BCUT2D eigenvalue weighted by Gasteiger charge is -2.33. The highest BCUT2D eigenvalue weighted by molar-refractivity contribution is 6.07. The van der Waals surface area contributed by atoms with Crippen LogP contribution < -0.4 is 9.64 Å². The van der Waals surface area contributed by atoms with Gasteiger partial charge in [0.15, 0.2) is 0 Å². The Morgan fingerprint density at radius 3 is 2.44 bits per heavy atom. The fourth-order valence-electron chi connectivity index (χ4n) is 3.61. The number of rotatable bonds is 5. The molecular weight excluding hydrogens is 342 g/mol. The van der Waals surface area contributed by atoms with Crippen LogP contribution in [0.3, 0.4) is 0 Å². The summed E-state index contributed by atoms with van der Waals surface area (Å²) in [5, 5.41) is 0. The Morgan fingerprint density at radius 2 is 1.81 bits per heavy atom. The van der Waals surface area contributed by atoms with Gasteiger partial charge in [-0.05, 0) is 55.5 Å². The van der Waals surface area contributed by atoms with Crippen LogP contribution in [-0.4, -0.2) is 25.5 Å². The molecule has 0 aliphatic carbocycles. The first-order valence-electron chi connectivity index (χ1n) is 9.18. The number of ether oxygens (including phenoxy) is 2. The quantitative estimate of drug-likeness (QED) is 0.596. The molecule has 0 bridgehead atoms. The molecule has 3 rings (SSSR count). The van der Waals surface area contributed by atoms with Crippen LogP contribution in [0.25, 0.3) is 0 Å². The Labute approximate surface area is 159 Å². The van der Waals surface area contributed by atoms with Crippen LogP contribution in [0, 0.1) is 19.8 Å². The average Bonchev–Trinajstić information content (AvgIpc) is 2.67. The van der Waals surface area contributed by atoms with Crippen LogP contribution in [0.2, 0.25) is 0 Å². The summed E-state index contributed by atoms with van der Waals surface area (Å²) >= 11 is 0. The highest BCUT2D eigenvalue weighted by Crippen LogP contribution is 2.33. The third-order valence-electron chi connectivity index (χ3n) is 4.92. The number of carbonyl (C=O) groups excluding carboxylic acids is 2. The minimum absolute atomic E-state index is 0.185. The Bertz CT molecular complexity index is 808. The lowest BCUT2D eigenvalue weighted by atomic mass is 9.95. The number of hydrogen-bond donors (Lipinski definition) is 0. The molecule has 1 atom stereocenters. The first kappa shape index (κ1) is 19.0. The van der Waals surface area contributed by atoms with E-state index in [9.17, 15) is 9.59 Å². The highest BCUT2D eigenvalue weighted by atomic mass is 16.5. The minimum atomic E-state index is -0.747. The first-order chi connectivity index (χ1) is 13.0. The fourth-order valence-corrected chi connectivity index (χ4v) is 3.61. The number of benzene rings is 2. The van der Waals surface area contributed by atoms with Crippen molar-refractivity contribution in [2.75, 3.05) is 18.6 Å². The summed E-state index contributed by atoms with van der Waals surface area (Å²) in [4.78, 5) is 27.3. The van der Waals surface area contributed by atoms with Gasteiger partial charge >= 0.3 is 5.97 Å². The molecule has 1 amide bonds. The molecular formula is C22H25NO4. The molecule has 2 aromatic rings. The van der Waals surface area contributed by atoms with Crippen LogP contribution in [0.5, 0.6) is 5.75 Å². The zero-order valence-electron chi connectivity index (χ0n) is 16.0. The van der Waals surface area contributed by atoms with Gasteiger partial charge in [-0.1, -0.05) is 30.3 Å². The van der Waals surface area contributed by atoms with Crippen molar-refractivity contribution in [3.63, 3.8) is 0 Å². The van der Waals surface area contributed by atoms with E-state index in [0.717, 1.165) is 34.5 Å². The zero-order valence-corrected chi connectivity index (χ0v) is 16.0. The van der Waals surface area contributed by atoms with Gasteiger partial charge < -0.3 is 14.4 Å². The number of methoxy groups -OCH3 is 1. The van der Waals surface area contributed by atoms with E-state index in [1.807, 2.05) is 56.3 Å². The van der Waals surface area contributed by atoms with Crippen molar-refractivity contribution in [2.45, 2.75) is 33.3 Å². The molecule has 0 spiro atoms. The van der Waals surface area contributed by atoms with Gasteiger partial charge in [-0.25, -0.2) is 0 Å². The molecule has 142 valence electrons. The monoisotopic (exact) mass is 367 g/mol. The van der Waals surface area contributed by atoms with Gasteiger partial charge in [-0.2, -0.15) is 0 Å². The fraction of sp³-hybridized carbons (Fsp3) is 0.364. The van der Waals surface area contributed by atoms with Crippen LogP contribution >= 0.6 is 0 Å². The third-order valence-corrected chi connectivity index (χ3v) is 4.92. The van der Waals surface area contributed by atoms with Gasteiger partial charge in [0, 0.05) is 12.2 Å². The van der Waals surface area contributed by atoms with Crippen molar-refractivity contribution >= 4 is 17.6 Å². The molecule has 1 aliphatic rings. The summed E-state index contributed by atoms with van der Waals surface area (Å²) in [6, 6.07) is 13.3. The van der Waals surface area contributed by atoms with Crippen molar-refractivity contribution < 1.29 is 19.1 Å². The number of hydrogen-bond acceptors (Lipinski definition) is 4. The van der Waals surface area contributed by atoms with E-state index in [4.69, 9.17) is 9.47 Å². The normalized spacial score (nSPS) is 16.9. The molecule has 0 radical (unpaired) electrons. The van der Waals surface area contributed by atoms with Gasteiger partial charge in [-0.3, -0.25) is 9.59 Å². The maximum absolute atomic E-state index is 13.0. The predicted molar refractivity (Wildman–Crippen MR) is 104 cm³/mol. The van der Waals surface area contributed by atoms with E-state index in [1.165, 1.54) is 0 Å². The Morgan fingerprint density at radius 1 is 1.15 bits per heavy atom. The van der Waals surface area contributed by atoms with Crippen LogP contribution in [0.1, 0.15) is 29.5 Å². The van der Waals surface area contributed by atoms with E-state index in [0.29, 0.717) is 13.0 Å². The molecule has 1 unspecified atom stereocenters. The second kappa shape index (κ2) is 8.25. The number of carbonyl (C=O) groups is 2. The van der Waals surface area contributed by atoms with Crippen molar-refractivity contribution in [1.29, 1.82) is 0 Å². The van der Waals surface area contributed by atoms with Crippen LogP contribution in [0.4, 0.5) is 5.69 Å². The summed E-state index contributed by atoms with van der Waals surface area (Å²) in [5.74, 6) is -0.617. The van der Waals surface area contributed by atoms with Crippen LogP contribution in [0.15, 0.2) is 42.5 Å². The summed E-state index contributed by atoms with van der Waals surface area (Å²) in [6.45, 7) is 4.70. The summed E-state index contributed by atoms with van der Waals surface area (Å²) in [7, 11) is 1.62. The van der Waals surface area contributed by atoms with Crippen molar-refractivity contribution in [1.82, 2.24) is 0 Å². The molecule has 0 N–H and O–H groups in total. The molecule has 1 saturated heterocycles. The molecule has 1 fully saturated rings. The van der Waals surface area contributed by atoms with E-state index in [-0.39, 0.29) is 12.5 Å². The molecule has 1 heterocycles. The van der Waals surface area contributed by atoms with Crippen molar-refractivity contribution in [2.24, 2.45) is 5.92 Å². The molecule has 1 aliphatic heterocycles. The topological polar surface area (TPSA) is 55.8 Å². The SMILES string of the molecule is COc1cc(C)c(N2CCCC(C(=O)OCc3ccccc3)C2=O)c(C)c1. The number of aryl methyl sites for hydroxylation is 2. The third kappa shape index (κ3) is 4.13. The number of nitrogens with zero attached hydrogens (tertiary/aromatic N) is 1.